The van der Waals surface area contributed by atoms with Crippen molar-refractivity contribution < 1.29 is 13.9 Å². The van der Waals surface area contributed by atoms with E-state index in [2.05, 4.69) is 5.32 Å². The average Bonchev–Trinajstić information content (AvgIpc) is 2.80. The van der Waals surface area contributed by atoms with Crippen LogP contribution in [0, 0.1) is 5.82 Å². The number of hydrogen-bond acceptors (Lipinski definition) is 2. The highest BCUT2D eigenvalue weighted by atomic mass is 19.1. The first kappa shape index (κ1) is 12.7. The fourth-order valence-corrected chi connectivity index (χ4v) is 2.23. The molecule has 0 aliphatic carbocycles. The second kappa shape index (κ2) is 5.33. The summed E-state index contributed by atoms with van der Waals surface area (Å²) in [5.41, 5.74) is 2.86. The molecule has 0 saturated carbocycles. The molecule has 1 N–H and O–H groups in total. The van der Waals surface area contributed by atoms with Gasteiger partial charge < -0.3 is 10.1 Å². The van der Waals surface area contributed by atoms with Crippen molar-refractivity contribution in [2.45, 2.75) is 12.8 Å². The first-order valence-corrected chi connectivity index (χ1v) is 6.51. The third kappa shape index (κ3) is 2.79. The number of halogens is 1. The van der Waals surface area contributed by atoms with Crippen LogP contribution in [0.5, 0.6) is 5.75 Å². The zero-order valence-electron chi connectivity index (χ0n) is 10.9. The number of hydrogen-bond donors (Lipinski definition) is 1. The van der Waals surface area contributed by atoms with Gasteiger partial charge in [-0.1, -0.05) is 12.1 Å². The number of nitrogens with one attached hydrogen (secondary N) is 1. The molecular weight excluding hydrogens is 257 g/mol. The molecule has 0 unspecified atom stereocenters. The van der Waals surface area contributed by atoms with Gasteiger partial charge in [0.1, 0.15) is 11.6 Å². The number of carbonyl (C=O) groups is 1. The molecule has 4 heteroatoms. The molecule has 1 aliphatic rings. The van der Waals surface area contributed by atoms with E-state index in [1.165, 1.54) is 12.1 Å². The fourth-order valence-electron chi connectivity index (χ4n) is 2.23. The maximum absolute atomic E-state index is 12.8. The molecular formula is C16H14FNO2. The van der Waals surface area contributed by atoms with Gasteiger partial charge in [0.15, 0.2) is 0 Å². The SMILES string of the molecule is O=C1Cc2cc(OCCc3ccc(F)cc3)ccc2N1. The van der Waals surface area contributed by atoms with Gasteiger partial charge in [0.05, 0.1) is 13.0 Å². The highest BCUT2D eigenvalue weighted by Crippen LogP contribution is 2.27. The Labute approximate surface area is 116 Å². The maximum atomic E-state index is 12.8. The van der Waals surface area contributed by atoms with Crippen molar-refractivity contribution in [3.8, 4) is 5.75 Å². The molecule has 102 valence electrons. The summed E-state index contributed by atoms with van der Waals surface area (Å²) in [6.07, 6.45) is 1.12. The Morgan fingerprint density at radius 1 is 1.15 bits per heavy atom. The van der Waals surface area contributed by atoms with Gasteiger partial charge in [-0.3, -0.25) is 4.79 Å². The summed E-state index contributed by atoms with van der Waals surface area (Å²) in [6.45, 7) is 0.520. The lowest BCUT2D eigenvalue weighted by Crippen LogP contribution is -2.03. The predicted molar refractivity (Wildman–Crippen MR) is 74.4 cm³/mol. The molecule has 0 aromatic heterocycles. The zero-order chi connectivity index (χ0) is 13.9. The Morgan fingerprint density at radius 2 is 1.95 bits per heavy atom. The Balaban J connectivity index is 1.58. The minimum Gasteiger partial charge on any atom is -0.493 e. The summed E-state index contributed by atoms with van der Waals surface area (Å²) in [5.74, 6) is 0.538. The van der Waals surface area contributed by atoms with Gasteiger partial charge in [-0.2, -0.15) is 0 Å². The molecule has 3 nitrogen and oxygen atoms in total. The Morgan fingerprint density at radius 3 is 2.75 bits per heavy atom. The van der Waals surface area contributed by atoms with Gasteiger partial charge in [-0.15, -0.1) is 0 Å². The fraction of sp³-hybridized carbons (Fsp3) is 0.188. The van der Waals surface area contributed by atoms with Crippen molar-refractivity contribution >= 4 is 11.6 Å². The van der Waals surface area contributed by atoms with E-state index < -0.39 is 0 Å². The second-order valence-corrected chi connectivity index (χ2v) is 4.77. The topological polar surface area (TPSA) is 38.3 Å². The number of ether oxygens (including phenoxy) is 1. The number of benzene rings is 2. The summed E-state index contributed by atoms with van der Waals surface area (Å²) in [6, 6.07) is 12.0. The lowest BCUT2D eigenvalue weighted by molar-refractivity contribution is -0.115. The van der Waals surface area contributed by atoms with Crippen LogP contribution in [0.4, 0.5) is 10.1 Å². The van der Waals surface area contributed by atoms with Crippen molar-refractivity contribution in [2.75, 3.05) is 11.9 Å². The van der Waals surface area contributed by atoms with Crippen molar-refractivity contribution in [3.63, 3.8) is 0 Å². The van der Waals surface area contributed by atoms with Crippen LogP contribution in [0.25, 0.3) is 0 Å². The molecule has 0 fully saturated rings. The highest BCUT2D eigenvalue weighted by molar-refractivity contribution is 5.99. The standard InChI is InChI=1S/C16H14FNO2/c17-13-3-1-11(2-4-13)7-8-20-14-5-6-15-12(9-14)10-16(19)18-15/h1-6,9H,7-8,10H2,(H,18,19). The Bertz CT molecular complexity index is 637. The van der Waals surface area contributed by atoms with Crippen molar-refractivity contribution in [2.24, 2.45) is 0 Å². The number of rotatable bonds is 4. The lowest BCUT2D eigenvalue weighted by Gasteiger charge is -2.07. The maximum Gasteiger partial charge on any atom is 0.228 e. The first-order chi connectivity index (χ1) is 9.70. The molecule has 1 amide bonds. The van der Waals surface area contributed by atoms with E-state index in [0.29, 0.717) is 19.4 Å². The van der Waals surface area contributed by atoms with Gasteiger partial charge in [0, 0.05) is 12.1 Å². The summed E-state index contributed by atoms with van der Waals surface area (Å²) in [7, 11) is 0. The minimum absolute atomic E-state index is 0.0171. The summed E-state index contributed by atoms with van der Waals surface area (Å²) < 4.78 is 18.4. The van der Waals surface area contributed by atoms with Crippen LogP contribution in [-0.4, -0.2) is 12.5 Å². The van der Waals surface area contributed by atoms with E-state index in [9.17, 15) is 9.18 Å². The molecule has 0 saturated heterocycles. The van der Waals surface area contributed by atoms with E-state index in [0.717, 1.165) is 22.6 Å². The smallest absolute Gasteiger partial charge is 0.228 e. The van der Waals surface area contributed by atoms with E-state index in [1.54, 1.807) is 12.1 Å². The number of fused-ring (bicyclic) bond motifs is 1. The third-order valence-corrected chi connectivity index (χ3v) is 3.27. The van der Waals surface area contributed by atoms with Crippen LogP contribution >= 0.6 is 0 Å². The average molecular weight is 271 g/mol. The quantitative estimate of drug-likeness (QED) is 0.928. The van der Waals surface area contributed by atoms with Gasteiger partial charge in [-0.25, -0.2) is 4.39 Å². The van der Waals surface area contributed by atoms with Gasteiger partial charge in [-0.05, 0) is 41.5 Å². The molecule has 0 bridgehead atoms. The summed E-state index contributed by atoms with van der Waals surface area (Å²) in [5, 5.41) is 2.78. The van der Waals surface area contributed by atoms with Crippen LogP contribution in [0.1, 0.15) is 11.1 Å². The first-order valence-electron chi connectivity index (χ1n) is 6.51. The van der Waals surface area contributed by atoms with Crippen molar-refractivity contribution in [1.82, 2.24) is 0 Å². The molecule has 1 aliphatic heterocycles. The lowest BCUT2D eigenvalue weighted by atomic mass is 10.1. The molecule has 2 aromatic rings. The van der Waals surface area contributed by atoms with E-state index in [1.807, 2.05) is 18.2 Å². The van der Waals surface area contributed by atoms with Crippen LogP contribution in [0.15, 0.2) is 42.5 Å². The Hall–Kier alpha value is -2.36. The molecule has 20 heavy (non-hydrogen) atoms. The van der Waals surface area contributed by atoms with Crippen LogP contribution < -0.4 is 10.1 Å². The van der Waals surface area contributed by atoms with Gasteiger partial charge >= 0.3 is 0 Å². The molecule has 3 rings (SSSR count). The van der Waals surface area contributed by atoms with Crippen molar-refractivity contribution in [3.05, 3.63) is 59.4 Å². The van der Waals surface area contributed by atoms with Crippen LogP contribution in [-0.2, 0) is 17.6 Å². The number of anilines is 1. The van der Waals surface area contributed by atoms with Crippen molar-refractivity contribution in [1.29, 1.82) is 0 Å². The summed E-state index contributed by atoms with van der Waals surface area (Å²) in [4.78, 5) is 11.3. The second-order valence-electron chi connectivity index (χ2n) is 4.77. The van der Waals surface area contributed by atoms with E-state index in [-0.39, 0.29) is 11.7 Å². The van der Waals surface area contributed by atoms with Crippen LogP contribution in [0.3, 0.4) is 0 Å². The molecule has 0 atom stereocenters. The highest BCUT2D eigenvalue weighted by Gasteiger charge is 2.17. The summed E-state index contributed by atoms with van der Waals surface area (Å²) >= 11 is 0. The molecule has 0 spiro atoms. The largest absolute Gasteiger partial charge is 0.493 e. The molecule has 2 aromatic carbocycles. The number of carbonyl (C=O) groups excluding carboxylic acids is 1. The van der Waals surface area contributed by atoms with E-state index in [4.69, 9.17) is 4.74 Å². The Kier molecular flexibility index (Phi) is 3.37. The molecule has 1 heterocycles. The normalized spacial score (nSPS) is 12.9. The monoisotopic (exact) mass is 271 g/mol. The molecule has 0 radical (unpaired) electrons. The zero-order valence-corrected chi connectivity index (χ0v) is 10.9. The predicted octanol–water partition coefficient (Wildman–Crippen LogP) is 2.94. The number of amides is 1. The van der Waals surface area contributed by atoms with Crippen LogP contribution in [0.2, 0.25) is 0 Å². The minimum atomic E-state index is -0.231. The van der Waals surface area contributed by atoms with Gasteiger partial charge in [0.25, 0.3) is 0 Å². The third-order valence-electron chi connectivity index (χ3n) is 3.27. The van der Waals surface area contributed by atoms with Gasteiger partial charge in [0.2, 0.25) is 5.91 Å². The van der Waals surface area contributed by atoms with E-state index >= 15 is 0 Å².